The van der Waals surface area contributed by atoms with Gasteiger partial charge in [-0.15, -0.1) is 0 Å². The van der Waals surface area contributed by atoms with E-state index in [1.54, 1.807) is 24.7 Å². The molecule has 0 radical (unpaired) electrons. The summed E-state index contributed by atoms with van der Waals surface area (Å²) in [6, 6.07) is 7.31. The molecule has 0 N–H and O–H groups in total. The van der Waals surface area contributed by atoms with Crippen LogP contribution >= 0.6 is 11.8 Å². The molecule has 1 atom stereocenters. The quantitative estimate of drug-likeness (QED) is 0.609. The van der Waals surface area contributed by atoms with E-state index in [-0.39, 0.29) is 23.3 Å². The number of nitrogens with zero attached hydrogens (tertiary/aromatic N) is 3. The second-order valence-electron chi connectivity index (χ2n) is 6.04. The number of benzene rings is 1. The van der Waals surface area contributed by atoms with E-state index in [1.165, 1.54) is 16.7 Å². The molecule has 1 aliphatic rings. The van der Waals surface area contributed by atoms with E-state index >= 15 is 0 Å². The zero-order valence-corrected chi connectivity index (χ0v) is 14.7. The lowest BCUT2D eigenvalue weighted by molar-refractivity contribution is -0.125. The van der Waals surface area contributed by atoms with Crippen LogP contribution in [0.5, 0.6) is 0 Å². The SMILES string of the molecule is CN(C)C(=O)CSc1nc2ccccc2c(=O)n1C[C@@H]1CCCO1. The van der Waals surface area contributed by atoms with E-state index in [0.29, 0.717) is 22.6 Å². The van der Waals surface area contributed by atoms with E-state index in [2.05, 4.69) is 4.98 Å². The van der Waals surface area contributed by atoms with Crippen LogP contribution in [0.3, 0.4) is 0 Å². The van der Waals surface area contributed by atoms with Gasteiger partial charge >= 0.3 is 0 Å². The summed E-state index contributed by atoms with van der Waals surface area (Å²) in [4.78, 5) is 30.9. The zero-order valence-electron chi connectivity index (χ0n) is 13.9. The molecule has 1 amide bonds. The molecule has 24 heavy (non-hydrogen) atoms. The van der Waals surface area contributed by atoms with E-state index in [1.807, 2.05) is 18.2 Å². The van der Waals surface area contributed by atoms with Gasteiger partial charge in [0.1, 0.15) is 0 Å². The molecule has 128 valence electrons. The third-order valence-corrected chi connectivity index (χ3v) is 5.02. The molecule has 1 aromatic carbocycles. The number of para-hydroxylation sites is 1. The maximum Gasteiger partial charge on any atom is 0.262 e. The van der Waals surface area contributed by atoms with Crippen LogP contribution in [0.2, 0.25) is 0 Å². The smallest absolute Gasteiger partial charge is 0.262 e. The topological polar surface area (TPSA) is 64.4 Å². The molecule has 0 saturated carbocycles. The van der Waals surface area contributed by atoms with Gasteiger partial charge in [0, 0.05) is 20.7 Å². The molecule has 1 aromatic heterocycles. The van der Waals surface area contributed by atoms with Crippen LogP contribution in [0.4, 0.5) is 0 Å². The second-order valence-corrected chi connectivity index (χ2v) is 6.98. The number of fused-ring (bicyclic) bond motifs is 1. The molecule has 0 unspecified atom stereocenters. The number of ether oxygens (including phenoxy) is 1. The van der Waals surface area contributed by atoms with Crippen LogP contribution in [0.25, 0.3) is 10.9 Å². The summed E-state index contributed by atoms with van der Waals surface area (Å²) in [5.74, 6) is 0.245. The highest BCUT2D eigenvalue weighted by molar-refractivity contribution is 7.99. The van der Waals surface area contributed by atoms with Gasteiger partial charge in [-0.1, -0.05) is 23.9 Å². The minimum absolute atomic E-state index is 0.00826. The summed E-state index contributed by atoms with van der Waals surface area (Å²) in [6.45, 7) is 1.22. The first kappa shape index (κ1) is 17.0. The fourth-order valence-corrected chi connectivity index (χ4v) is 3.65. The Hall–Kier alpha value is -1.86. The van der Waals surface area contributed by atoms with Crippen molar-refractivity contribution < 1.29 is 9.53 Å². The molecular weight excluding hydrogens is 326 g/mol. The Morgan fingerprint density at radius 3 is 2.92 bits per heavy atom. The maximum absolute atomic E-state index is 12.9. The molecule has 2 aromatic rings. The minimum Gasteiger partial charge on any atom is -0.376 e. The van der Waals surface area contributed by atoms with Gasteiger partial charge in [0.05, 0.1) is 29.3 Å². The summed E-state index contributed by atoms with van der Waals surface area (Å²) in [5.41, 5.74) is 0.585. The van der Waals surface area contributed by atoms with E-state index in [4.69, 9.17) is 4.74 Å². The lowest BCUT2D eigenvalue weighted by atomic mass is 10.2. The number of hydrogen-bond donors (Lipinski definition) is 0. The first-order valence-corrected chi connectivity index (χ1v) is 8.99. The molecule has 7 heteroatoms. The zero-order chi connectivity index (χ0) is 17.1. The normalized spacial score (nSPS) is 17.3. The highest BCUT2D eigenvalue weighted by atomic mass is 32.2. The lowest BCUT2D eigenvalue weighted by Gasteiger charge is -2.17. The van der Waals surface area contributed by atoms with Crippen LogP contribution in [-0.2, 0) is 16.1 Å². The summed E-state index contributed by atoms with van der Waals surface area (Å²) in [6.07, 6.45) is 2.00. The predicted molar refractivity (Wildman–Crippen MR) is 94.4 cm³/mol. The number of carbonyl (C=O) groups is 1. The number of aromatic nitrogens is 2. The molecule has 2 heterocycles. The molecule has 1 saturated heterocycles. The summed E-state index contributed by atoms with van der Waals surface area (Å²) in [7, 11) is 3.44. The number of amides is 1. The van der Waals surface area contributed by atoms with Crippen molar-refractivity contribution in [3.05, 3.63) is 34.6 Å². The van der Waals surface area contributed by atoms with Gasteiger partial charge < -0.3 is 9.64 Å². The lowest BCUT2D eigenvalue weighted by Crippen LogP contribution is -2.29. The Morgan fingerprint density at radius 2 is 2.21 bits per heavy atom. The second kappa shape index (κ2) is 7.36. The van der Waals surface area contributed by atoms with Crippen molar-refractivity contribution in [2.45, 2.75) is 30.6 Å². The Balaban J connectivity index is 1.97. The number of carbonyl (C=O) groups excluding carboxylic acids is 1. The highest BCUT2D eigenvalue weighted by Gasteiger charge is 2.20. The molecule has 1 fully saturated rings. The van der Waals surface area contributed by atoms with Gasteiger partial charge in [-0.3, -0.25) is 14.2 Å². The largest absolute Gasteiger partial charge is 0.376 e. The van der Waals surface area contributed by atoms with Crippen molar-refractivity contribution in [1.82, 2.24) is 14.5 Å². The fraction of sp³-hybridized carbons (Fsp3) is 0.471. The third-order valence-electron chi connectivity index (χ3n) is 4.06. The van der Waals surface area contributed by atoms with Crippen molar-refractivity contribution in [2.24, 2.45) is 0 Å². The summed E-state index contributed by atoms with van der Waals surface area (Å²) < 4.78 is 7.33. The van der Waals surface area contributed by atoms with Crippen molar-refractivity contribution in [3.63, 3.8) is 0 Å². The monoisotopic (exact) mass is 347 g/mol. The van der Waals surface area contributed by atoms with Gasteiger partial charge in [0.15, 0.2) is 5.16 Å². The molecule has 0 bridgehead atoms. The van der Waals surface area contributed by atoms with E-state index in [0.717, 1.165) is 19.4 Å². The van der Waals surface area contributed by atoms with Crippen molar-refractivity contribution in [1.29, 1.82) is 0 Å². The Bertz CT molecular complexity index is 797. The Kier molecular flexibility index (Phi) is 5.20. The van der Waals surface area contributed by atoms with Gasteiger partial charge in [-0.25, -0.2) is 4.98 Å². The first-order valence-electron chi connectivity index (χ1n) is 8.00. The highest BCUT2D eigenvalue weighted by Crippen LogP contribution is 2.21. The average Bonchev–Trinajstić information content (AvgIpc) is 3.08. The van der Waals surface area contributed by atoms with E-state index in [9.17, 15) is 9.59 Å². The van der Waals surface area contributed by atoms with Crippen LogP contribution in [-0.4, -0.2) is 52.9 Å². The number of rotatable bonds is 5. The van der Waals surface area contributed by atoms with Crippen molar-refractivity contribution in [3.8, 4) is 0 Å². The molecule has 0 aliphatic carbocycles. The first-order chi connectivity index (χ1) is 11.6. The molecule has 0 spiro atoms. The molecule has 3 rings (SSSR count). The van der Waals surface area contributed by atoms with Gasteiger partial charge in [-0.2, -0.15) is 0 Å². The van der Waals surface area contributed by atoms with Crippen LogP contribution in [0, 0.1) is 0 Å². The Labute approximate surface area is 144 Å². The molecule has 1 aliphatic heterocycles. The molecular formula is C17H21N3O3S. The van der Waals surface area contributed by atoms with Gasteiger partial charge in [0.2, 0.25) is 5.91 Å². The predicted octanol–water partition coefficient (Wildman–Crippen LogP) is 1.76. The van der Waals surface area contributed by atoms with Crippen LogP contribution in [0.15, 0.2) is 34.2 Å². The molecule has 6 nitrogen and oxygen atoms in total. The van der Waals surface area contributed by atoms with Crippen molar-refractivity contribution >= 4 is 28.6 Å². The standard InChI is InChI=1S/C17H21N3O3S/c1-19(2)15(21)11-24-17-18-14-8-4-3-7-13(14)16(22)20(17)10-12-6-5-9-23-12/h3-4,7-8,12H,5-6,9-11H2,1-2H3/t12-/m0/s1. The average molecular weight is 347 g/mol. The summed E-state index contributed by atoms with van der Waals surface area (Å²) in [5, 5.41) is 1.17. The maximum atomic E-state index is 12.9. The fourth-order valence-electron chi connectivity index (χ4n) is 2.67. The van der Waals surface area contributed by atoms with Crippen molar-refractivity contribution in [2.75, 3.05) is 26.5 Å². The summed E-state index contributed by atoms with van der Waals surface area (Å²) >= 11 is 1.30. The Morgan fingerprint density at radius 1 is 1.42 bits per heavy atom. The number of hydrogen-bond acceptors (Lipinski definition) is 5. The number of thioether (sulfide) groups is 1. The minimum atomic E-state index is -0.0732. The van der Waals surface area contributed by atoms with Crippen LogP contribution < -0.4 is 5.56 Å². The van der Waals surface area contributed by atoms with Gasteiger partial charge in [-0.05, 0) is 25.0 Å². The van der Waals surface area contributed by atoms with Crippen LogP contribution in [0.1, 0.15) is 12.8 Å². The van der Waals surface area contributed by atoms with Gasteiger partial charge in [0.25, 0.3) is 5.56 Å². The third kappa shape index (κ3) is 3.62. The van der Waals surface area contributed by atoms with E-state index < -0.39 is 0 Å².